The predicted octanol–water partition coefficient (Wildman–Crippen LogP) is 4.79. The van der Waals surface area contributed by atoms with Crippen molar-refractivity contribution in [3.8, 4) is 22.8 Å². The lowest BCUT2D eigenvalue weighted by molar-refractivity contribution is -0.116. The molecule has 3 aromatic rings. The van der Waals surface area contributed by atoms with Gasteiger partial charge in [-0.15, -0.1) is 11.3 Å². The fourth-order valence-electron chi connectivity index (χ4n) is 2.65. The maximum absolute atomic E-state index is 12.3. The fourth-order valence-corrected chi connectivity index (χ4v) is 3.39. The first kappa shape index (κ1) is 18.9. The van der Waals surface area contributed by atoms with E-state index in [0.717, 1.165) is 16.8 Å². The Hall–Kier alpha value is -2.86. The quantitative estimate of drug-likeness (QED) is 0.609. The number of amides is 1. The molecular weight excluding hydrogens is 360 g/mol. The number of methoxy groups -OCH3 is 1. The molecule has 0 bridgehead atoms. The molecule has 0 spiro atoms. The van der Waals surface area contributed by atoms with E-state index >= 15 is 0 Å². The Morgan fingerprint density at radius 2 is 1.96 bits per heavy atom. The van der Waals surface area contributed by atoms with Crippen LogP contribution in [0, 0.1) is 0 Å². The summed E-state index contributed by atoms with van der Waals surface area (Å²) in [7, 11) is 1.61. The van der Waals surface area contributed by atoms with Crippen LogP contribution in [0.5, 0.6) is 11.5 Å². The van der Waals surface area contributed by atoms with E-state index in [1.807, 2.05) is 60.8 Å². The number of aryl methyl sites for hydroxylation is 1. The summed E-state index contributed by atoms with van der Waals surface area (Å²) in [5.74, 6) is 1.34. The van der Waals surface area contributed by atoms with Gasteiger partial charge in [0.1, 0.15) is 0 Å². The molecular formula is C21H22N2O3S. The van der Waals surface area contributed by atoms with Crippen LogP contribution in [-0.2, 0) is 11.2 Å². The zero-order valence-electron chi connectivity index (χ0n) is 15.4. The van der Waals surface area contributed by atoms with Gasteiger partial charge in [-0.1, -0.05) is 36.4 Å². The summed E-state index contributed by atoms with van der Waals surface area (Å²) in [5, 5.41) is 5.44. The Kier molecular flexibility index (Phi) is 6.44. The summed E-state index contributed by atoms with van der Waals surface area (Å²) in [6.07, 6.45) is 0.989. The van der Waals surface area contributed by atoms with Gasteiger partial charge in [-0.05, 0) is 31.0 Å². The Balaban J connectivity index is 1.56. The molecule has 0 saturated heterocycles. The van der Waals surface area contributed by atoms with Crippen molar-refractivity contribution in [2.75, 3.05) is 19.0 Å². The van der Waals surface area contributed by atoms with E-state index in [1.165, 1.54) is 11.3 Å². The molecule has 6 heteroatoms. The first-order valence-electron chi connectivity index (χ1n) is 8.80. The SMILES string of the molecule is CCOc1ccc(CCC(=O)Nc2nc(-c3ccccc3)cs2)cc1OC. The number of carbonyl (C=O) groups excluding carboxylic acids is 1. The molecule has 0 radical (unpaired) electrons. The van der Waals surface area contributed by atoms with Gasteiger partial charge in [-0.3, -0.25) is 4.79 Å². The number of rotatable bonds is 8. The van der Waals surface area contributed by atoms with Crippen molar-refractivity contribution < 1.29 is 14.3 Å². The van der Waals surface area contributed by atoms with Crippen LogP contribution in [-0.4, -0.2) is 24.6 Å². The first-order valence-corrected chi connectivity index (χ1v) is 9.68. The van der Waals surface area contributed by atoms with E-state index in [1.54, 1.807) is 7.11 Å². The molecule has 1 heterocycles. The molecule has 0 unspecified atom stereocenters. The number of benzene rings is 2. The van der Waals surface area contributed by atoms with Gasteiger partial charge >= 0.3 is 0 Å². The molecule has 2 aromatic carbocycles. The standard InChI is InChI=1S/C21H22N2O3S/c1-3-26-18-11-9-15(13-19(18)25-2)10-12-20(24)23-21-22-17(14-27-21)16-7-5-4-6-8-16/h4-9,11,13-14H,3,10,12H2,1-2H3,(H,22,23,24). The van der Waals surface area contributed by atoms with E-state index in [2.05, 4.69) is 10.3 Å². The summed E-state index contributed by atoms with van der Waals surface area (Å²) in [6.45, 7) is 2.51. The van der Waals surface area contributed by atoms with Crippen molar-refractivity contribution in [2.24, 2.45) is 0 Å². The van der Waals surface area contributed by atoms with Crippen LogP contribution < -0.4 is 14.8 Å². The number of anilines is 1. The van der Waals surface area contributed by atoms with E-state index in [4.69, 9.17) is 9.47 Å². The molecule has 0 aliphatic carbocycles. The van der Waals surface area contributed by atoms with Gasteiger partial charge in [0.05, 0.1) is 19.4 Å². The van der Waals surface area contributed by atoms with Crippen molar-refractivity contribution >= 4 is 22.4 Å². The zero-order chi connectivity index (χ0) is 19.1. The molecule has 1 aromatic heterocycles. The van der Waals surface area contributed by atoms with Crippen LogP contribution >= 0.6 is 11.3 Å². The molecule has 0 aliphatic heterocycles. The minimum absolute atomic E-state index is 0.0585. The minimum Gasteiger partial charge on any atom is -0.493 e. The Morgan fingerprint density at radius 3 is 2.70 bits per heavy atom. The second-order valence-corrected chi connectivity index (χ2v) is 6.73. The lowest BCUT2D eigenvalue weighted by Crippen LogP contribution is -2.12. The fraction of sp³-hybridized carbons (Fsp3) is 0.238. The lowest BCUT2D eigenvalue weighted by atomic mass is 10.1. The Bertz CT molecular complexity index is 893. The van der Waals surface area contributed by atoms with Crippen molar-refractivity contribution in [2.45, 2.75) is 19.8 Å². The number of nitrogens with one attached hydrogen (secondary N) is 1. The average molecular weight is 382 g/mol. The number of hydrogen-bond donors (Lipinski definition) is 1. The van der Waals surface area contributed by atoms with Crippen LogP contribution in [0.2, 0.25) is 0 Å². The number of aromatic nitrogens is 1. The van der Waals surface area contributed by atoms with Gasteiger partial charge in [0.15, 0.2) is 16.6 Å². The second-order valence-electron chi connectivity index (χ2n) is 5.87. The first-order chi connectivity index (χ1) is 13.2. The monoisotopic (exact) mass is 382 g/mol. The molecule has 3 rings (SSSR count). The van der Waals surface area contributed by atoms with E-state index in [-0.39, 0.29) is 5.91 Å². The molecule has 1 N–H and O–H groups in total. The maximum Gasteiger partial charge on any atom is 0.226 e. The number of carbonyl (C=O) groups is 1. The maximum atomic E-state index is 12.3. The molecule has 5 nitrogen and oxygen atoms in total. The molecule has 27 heavy (non-hydrogen) atoms. The minimum atomic E-state index is -0.0585. The highest BCUT2D eigenvalue weighted by Gasteiger charge is 2.10. The number of ether oxygens (including phenoxy) is 2. The van der Waals surface area contributed by atoms with Gasteiger partial charge in [0.25, 0.3) is 0 Å². The molecule has 1 amide bonds. The smallest absolute Gasteiger partial charge is 0.226 e. The van der Waals surface area contributed by atoms with E-state index in [9.17, 15) is 4.79 Å². The highest BCUT2D eigenvalue weighted by Crippen LogP contribution is 2.29. The topological polar surface area (TPSA) is 60.5 Å². The van der Waals surface area contributed by atoms with E-state index < -0.39 is 0 Å². The summed E-state index contributed by atoms with van der Waals surface area (Å²) in [4.78, 5) is 16.7. The molecule has 0 aliphatic rings. The summed E-state index contributed by atoms with van der Waals surface area (Å²) < 4.78 is 10.9. The van der Waals surface area contributed by atoms with Crippen molar-refractivity contribution in [1.29, 1.82) is 0 Å². The predicted molar refractivity (Wildman–Crippen MR) is 109 cm³/mol. The highest BCUT2D eigenvalue weighted by atomic mass is 32.1. The van der Waals surface area contributed by atoms with Crippen molar-refractivity contribution in [3.63, 3.8) is 0 Å². The number of thiazole rings is 1. The summed E-state index contributed by atoms with van der Waals surface area (Å²) in [6, 6.07) is 15.7. The number of nitrogens with zero attached hydrogens (tertiary/aromatic N) is 1. The lowest BCUT2D eigenvalue weighted by Gasteiger charge is -2.10. The van der Waals surface area contributed by atoms with Gasteiger partial charge in [0.2, 0.25) is 5.91 Å². The van der Waals surface area contributed by atoms with Crippen molar-refractivity contribution in [1.82, 2.24) is 4.98 Å². The third-order valence-electron chi connectivity index (χ3n) is 3.99. The Labute approximate surface area is 163 Å². The third-order valence-corrected chi connectivity index (χ3v) is 4.75. The zero-order valence-corrected chi connectivity index (χ0v) is 16.2. The molecule has 0 fully saturated rings. The van der Waals surface area contributed by atoms with Crippen LogP contribution in [0.3, 0.4) is 0 Å². The summed E-state index contributed by atoms with van der Waals surface area (Å²) >= 11 is 1.43. The second kappa shape index (κ2) is 9.19. The highest BCUT2D eigenvalue weighted by molar-refractivity contribution is 7.14. The van der Waals surface area contributed by atoms with Crippen LogP contribution in [0.4, 0.5) is 5.13 Å². The van der Waals surface area contributed by atoms with E-state index in [0.29, 0.717) is 36.1 Å². The molecule has 0 saturated carbocycles. The summed E-state index contributed by atoms with van der Waals surface area (Å²) in [5.41, 5.74) is 2.93. The van der Waals surface area contributed by atoms with Gasteiger partial charge in [-0.2, -0.15) is 0 Å². The van der Waals surface area contributed by atoms with Crippen LogP contribution in [0.1, 0.15) is 18.9 Å². The average Bonchev–Trinajstić information content (AvgIpc) is 3.16. The molecule has 0 atom stereocenters. The van der Waals surface area contributed by atoms with Gasteiger partial charge in [-0.25, -0.2) is 4.98 Å². The van der Waals surface area contributed by atoms with Gasteiger partial charge in [0, 0.05) is 17.4 Å². The normalized spacial score (nSPS) is 10.4. The third kappa shape index (κ3) is 5.08. The van der Waals surface area contributed by atoms with Gasteiger partial charge < -0.3 is 14.8 Å². The van der Waals surface area contributed by atoms with Crippen molar-refractivity contribution in [3.05, 3.63) is 59.5 Å². The largest absolute Gasteiger partial charge is 0.493 e. The number of hydrogen-bond acceptors (Lipinski definition) is 5. The van der Waals surface area contributed by atoms with Crippen LogP contribution in [0.15, 0.2) is 53.9 Å². The molecule has 140 valence electrons. The van der Waals surface area contributed by atoms with Crippen LogP contribution in [0.25, 0.3) is 11.3 Å². The Morgan fingerprint density at radius 1 is 1.15 bits per heavy atom.